The number of rotatable bonds is 1. The first-order valence-corrected chi connectivity index (χ1v) is 6.81. The Balaban J connectivity index is 1.95. The number of nitrogens with two attached hydrogens (primary N) is 1. The van der Waals surface area contributed by atoms with E-state index in [9.17, 15) is 0 Å². The molecule has 16 heavy (non-hydrogen) atoms. The molecule has 0 aliphatic heterocycles. The number of thiocarbonyl (C=S) groups is 1. The highest BCUT2D eigenvalue weighted by Crippen LogP contribution is 2.66. The molecule has 90 valence electrons. The topological polar surface area (TPSA) is 38.0 Å². The molecule has 4 bridgehead atoms. The van der Waals surface area contributed by atoms with Crippen LogP contribution in [0.5, 0.6) is 0 Å². The molecule has 0 spiro atoms. The molecule has 3 heteroatoms. The van der Waals surface area contributed by atoms with Gasteiger partial charge in [-0.3, -0.25) is 0 Å². The van der Waals surface area contributed by atoms with Crippen molar-refractivity contribution in [3.8, 4) is 0 Å². The van der Waals surface area contributed by atoms with Gasteiger partial charge in [0.1, 0.15) is 0 Å². The Morgan fingerprint density at radius 2 is 1.69 bits per heavy atom. The Hall–Kier alpha value is -0.310. The normalized spacial score (nSPS) is 54.0. The molecular weight excluding hydrogens is 216 g/mol. The zero-order chi connectivity index (χ0) is 11.6. The van der Waals surface area contributed by atoms with E-state index in [1.807, 2.05) is 0 Å². The molecule has 0 saturated heterocycles. The van der Waals surface area contributed by atoms with Gasteiger partial charge in [0, 0.05) is 5.54 Å². The number of hydrogen-bond donors (Lipinski definition) is 2. The van der Waals surface area contributed by atoms with Crippen LogP contribution in [-0.2, 0) is 0 Å². The third-order valence-electron chi connectivity index (χ3n) is 5.01. The van der Waals surface area contributed by atoms with Crippen LogP contribution in [0, 0.1) is 16.7 Å². The lowest BCUT2D eigenvalue weighted by Crippen LogP contribution is -2.65. The maximum absolute atomic E-state index is 5.72. The molecule has 4 aliphatic rings. The van der Waals surface area contributed by atoms with Gasteiger partial charge in [0.2, 0.25) is 0 Å². The van der Waals surface area contributed by atoms with Crippen LogP contribution < -0.4 is 11.1 Å². The Morgan fingerprint density at radius 3 is 2.12 bits per heavy atom. The van der Waals surface area contributed by atoms with Gasteiger partial charge in [-0.15, -0.1) is 0 Å². The molecule has 4 rings (SSSR count). The minimum atomic E-state index is 0.231. The van der Waals surface area contributed by atoms with Crippen molar-refractivity contribution in [2.75, 3.05) is 0 Å². The van der Waals surface area contributed by atoms with Crippen LogP contribution in [0.15, 0.2) is 0 Å². The maximum Gasteiger partial charge on any atom is 0.164 e. The highest BCUT2D eigenvalue weighted by Gasteiger charge is 2.60. The fourth-order valence-electron chi connectivity index (χ4n) is 5.85. The van der Waals surface area contributed by atoms with Crippen LogP contribution in [0.2, 0.25) is 0 Å². The van der Waals surface area contributed by atoms with E-state index < -0.39 is 0 Å². The maximum atomic E-state index is 5.72. The van der Waals surface area contributed by atoms with Gasteiger partial charge in [-0.05, 0) is 67.5 Å². The van der Waals surface area contributed by atoms with Gasteiger partial charge >= 0.3 is 0 Å². The highest BCUT2D eigenvalue weighted by atomic mass is 32.1. The molecule has 0 heterocycles. The second kappa shape index (κ2) is 2.92. The molecular formula is C13H22N2S. The van der Waals surface area contributed by atoms with Gasteiger partial charge in [-0.2, -0.15) is 0 Å². The van der Waals surface area contributed by atoms with E-state index in [1.165, 1.54) is 38.5 Å². The van der Waals surface area contributed by atoms with Crippen LogP contribution in [0.3, 0.4) is 0 Å². The second-order valence-electron chi connectivity index (χ2n) is 7.40. The summed E-state index contributed by atoms with van der Waals surface area (Å²) in [7, 11) is 0. The average molecular weight is 238 g/mol. The zero-order valence-electron chi connectivity index (χ0n) is 10.3. The van der Waals surface area contributed by atoms with Crippen molar-refractivity contribution in [1.29, 1.82) is 0 Å². The molecule has 0 aromatic carbocycles. The predicted molar refractivity (Wildman–Crippen MR) is 70.1 cm³/mol. The van der Waals surface area contributed by atoms with Gasteiger partial charge < -0.3 is 11.1 Å². The van der Waals surface area contributed by atoms with E-state index in [0.717, 1.165) is 5.92 Å². The molecule has 0 aromatic heterocycles. The molecule has 2 atom stereocenters. The van der Waals surface area contributed by atoms with Gasteiger partial charge in [0.05, 0.1) is 0 Å². The summed E-state index contributed by atoms with van der Waals surface area (Å²) in [6.07, 6.45) is 8.06. The van der Waals surface area contributed by atoms with Gasteiger partial charge in [-0.1, -0.05) is 13.8 Å². The fraction of sp³-hybridized carbons (Fsp3) is 0.923. The standard InChI is InChI=1S/C13H22N2S/c1-11-3-9-4-12(2,6-11)8-13(5-9,7-11)15-10(14)16/h9H,3-8H2,1-2H3,(H3,14,15,16)/t9?,11-,12-,13?/m1/s1. The van der Waals surface area contributed by atoms with Crippen molar-refractivity contribution in [2.24, 2.45) is 22.5 Å². The minimum absolute atomic E-state index is 0.231. The lowest BCUT2D eigenvalue weighted by atomic mass is 9.43. The van der Waals surface area contributed by atoms with Gasteiger partial charge in [0.25, 0.3) is 0 Å². The summed E-state index contributed by atoms with van der Waals surface area (Å²) in [5.41, 5.74) is 7.02. The van der Waals surface area contributed by atoms with E-state index in [-0.39, 0.29) is 5.54 Å². The number of nitrogens with one attached hydrogen (secondary N) is 1. The third kappa shape index (κ3) is 1.55. The van der Waals surface area contributed by atoms with E-state index in [4.69, 9.17) is 18.0 Å². The van der Waals surface area contributed by atoms with Crippen molar-refractivity contribution >= 4 is 17.3 Å². The summed E-state index contributed by atoms with van der Waals surface area (Å²) in [5, 5.41) is 3.94. The molecule has 4 saturated carbocycles. The summed E-state index contributed by atoms with van der Waals surface area (Å²) < 4.78 is 0. The molecule has 0 unspecified atom stereocenters. The molecule has 4 fully saturated rings. The van der Waals surface area contributed by atoms with Crippen molar-refractivity contribution < 1.29 is 0 Å². The molecule has 3 N–H and O–H groups in total. The minimum Gasteiger partial charge on any atom is -0.376 e. The van der Waals surface area contributed by atoms with E-state index in [1.54, 1.807) is 0 Å². The Bertz CT molecular complexity index is 334. The molecule has 0 radical (unpaired) electrons. The fourth-order valence-corrected chi connectivity index (χ4v) is 6.06. The van der Waals surface area contributed by atoms with Crippen molar-refractivity contribution in [1.82, 2.24) is 5.32 Å². The SMILES string of the molecule is C[C@]12CC3CC(NC(N)=S)(C1)C[C@](C)(C3)C2. The average Bonchev–Trinajstić information content (AvgIpc) is 1.91. The Kier molecular flexibility index (Phi) is 1.98. The first-order chi connectivity index (χ1) is 7.32. The van der Waals surface area contributed by atoms with Crippen LogP contribution in [0.4, 0.5) is 0 Å². The van der Waals surface area contributed by atoms with Crippen LogP contribution in [-0.4, -0.2) is 10.7 Å². The van der Waals surface area contributed by atoms with Crippen LogP contribution in [0.25, 0.3) is 0 Å². The first-order valence-electron chi connectivity index (χ1n) is 6.40. The van der Waals surface area contributed by atoms with Crippen molar-refractivity contribution in [3.63, 3.8) is 0 Å². The zero-order valence-corrected chi connectivity index (χ0v) is 11.1. The van der Waals surface area contributed by atoms with Crippen LogP contribution in [0.1, 0.15) is 52.4 Å². The lowest BCUT2D eigenvalue weighted by molar-refractivity contribution is -0.111. The first kappa shape index (κ1) is 10.8. The summed E-state index contributed by atoms with van der Waals surface area (Å²) in [5.74, 6) is 0.896. The third-order valence-corrected chi connectivity index (χ3v) is 5.12. The van der Waals surface area contributed by atoms with Gasteiger partial charge in [0.15, 0.2) is 5.11 Å². The van der Waals surface area contributed by atoms with Gasteiger partial charge in [-0.25, -0.2) is 0 Å². The predicted octanol–water partition coefficient (Wildman–Crippen LogP) is 2.57. The quantitative estimate of drug-likeness (QED) is 0.690. The van der Waals surface area contributed by atoms with E-state index in [2.05, 4.69) is 19.2 Å². The Labute approximate surface area is 103 Å². The summed E-state index contributed by atoms with van der Waals surface area (Å²) in [6.45, 7) is 4.93. The summed E-state index contributed by atoms with van der Waals surface area (Å²) >= 11 is 5.07. The van der Waals surface area contributed by atoms with E-state index in [0.29, 0.717) is 15.9 Å². The van der Waals surface area contributed by atoms with Crippen molar-refractivity contribution in [2.45, 2.75) is 57.9 Å². The molecule has 2 nitrogen and oxygen atoms in total. The van der Waals surface area contributed by atoms with E-state index >= 15 is 0 Å². The van der Waals surface area contributed by atoms with Crippen molar-refractivity contribution in [3.05, 3.63) is 0 Å². The van der Waals surface area contributed by atoms with Crippen LogP contribution >= 0.6 is 12.2 Å². The molecule has 0 amide bonds. The lowest BCUT2D eigenvalue weighted by Gasteiger charge is -2.65. The monoisotopic (exact) mass is 238 g/mol. The number of hydrogen-bond acceptors (Lipinski definition) is 1. The Morgan fingerprint density at radius 1 is 1.12 bits per heavy atom. The summed E-state index contributed by atoms with van der Waals surface area (Å²) in [6, 6.07) is 0. The molecule has 0 aromatic rings. The molecule has 4 aliphatic carbocycles. The smallest absolute Gasteiger partial charge is 0.164 e. The summed E-state index contributed by atoms with van der Waals surface area (Å²) in [4.78, 5) is 0. The largest absolute Gasteiger partial charge is 0.376 e. The highest BCUT2D eigenvalue weighted by molar-refractivity contribution is 7.80. The second-order valence-corrected chi connectivity index (χ2v) is 7.84.